The van der Waals surface area contributed by atoms with Gasteiger partial charge in [-0.3, -0.25) is 0 Å². The minimum absolute atomic E-state index is 0.675. The first-order valence-electron chi connectivity index (χ1n) is 5.84. The molecule has 0 aliphatic carbocycles. The molecule has 3 aromatic rings. The molecule has 2 aromatic heterocycles. The summed E-state index contributed by atoms with van der Waals surface area (Å²) in [4.78, 5) is 5.80. The number of thiophene rings is 1. The van der Waals surface area contributed by atoms with Crippen molar-refractivity contribution in [2.45, 2.75) is 6.42 Å². The highest BCUT2D eigenvalue weighted by Gasteiger charge is 2.08. The molecule has 3 rings (SSSR count). The van der Waals surface area contributed by atoms with Gasteiger partial charge in [-0.1, -0.05) is 23.7 Å². The van der Waals surface area contributed by atoms with Crippen LogP contribution < -0.4 is 11.3 Å². The Kier molecular flexibility index (Phi) is 3.38. The third-order valence-corrected chi connectivity index (χ3v) is 4.05. The molecule has 0 spiro atoms. The van der Waals surface area contributed by atoms with Crippen molar-refractivity contribution in [2.24, 2.45) is 5.84 Å². The highest BCUT2D eigenvalue weighted by atomic mass is 35.5. The summed E-state index contributed by atoms with van der Waals surface area (Å²) in [5.74, 6) is 6.26. The summed E-state index contributed by atoms with van der Waals surface area (Å²) >= 11 is 7.71. The van der Waals surface area contributed by atoms with E-state index in [9.17, 15) is 0 Å². The van der Waals surface area contributed by atoms with E-state index in [1.165, 1.54) is 4.88 Å². The van der Waals surface area contributed by atoms with E-state index >= 15 is 0 Å². The number of hydrogen-bond donors (Lipinski definition) is 2. The second kappa shape index (κ2) is 5.17. The van der Waals surface area contributed by atoms with Crippen LogP contribution >= 0.6 is 22.9 Å². The van der Waals surface area contributed by atoms with Crippen LogP contribution in [0.2, 0.25) is 5.02 Å². The fourth-order valence-corrected chi connectivity index (χ4v) is 2.94. The van der Waals surface area contributed by atoms with Crippen molar-refractivity contribution < 1.29 is 0 Å². The lowest BCUT2D eigenvalue weighted by Crippen LogP contribution is -2.11. The van der Waals surface area contributed by atoms with Gasteiger partial charge in [0.1, 0.15) is 5.82 Å². The van der Waals surface area contributed by atoms with Crippen LogP contribution in [0.15, 0.2) is 41.8 Å². The topological polar surface area (TPSA) is 50.9 Å². The van der Waals surface area contributed by atoms with Gasteiger partial charge in [0.25, 0.3) is 0 Å². The molecule has 19 heavy (non-hydrogen) atoms. The lowest BCUT2D eigenvalue weighted by molar-refractivity contribution is 1.16. The number of nitrogens with one attached hydrogen (secondary N) is 1. The third kappa shape index (κ3) is 2.56. The molecule has 1 aromatic carbocycles. The fourth-order valence-electron chi connectivity index (χ4n) is 2.04. The van der Waals surface area contributed by atoms with E-state index < -0.39 is 0 Å². The second-order valence-electron chi connectivity index (χ2n) is 4.23. The lowest BCUT2D eigenvalue weighted by Gasteiger charge is -2.09. The minimum Gasteiger partial charge on any atom is -0.308 e. The van der Waals surface area contributed by atoms with Crippen molar-refractivity contribution in [3.05, 3.63) is 57.2 Å². The number of nitrogen functional groups attached to an aromatic ring is 1. The van der Waals surface area contributed by atoms with Crippen molar-refractivity contribution in [3.63, 3.8) is 0 Å². The SMILES string of the molecule is NNc1nc2cc(Cl)ccc2cc1Cc1cccs1. The molecule has 0 saturated carbocycles. The molecule has 0 radical (unpaired) electrons. The van der Waals surface area contributed by atoms with E-state index in [4.69, 9.17) is 17.4 Å². The first-order chi connectivity index (χ1) is 9.26. The number of rotatable bonds is 3. The van der Waals surface area contributed by atoms with Gasteiger partial charge in [0.15, 0.2) is 0 Å². The molecule has 96 valence electrons. The predicted molar refractivity (Wildman–Crippen MR) is 81.7 cm³/mol. The van der Waals surface area contributed by atoms with E-state index in [0.717, 1.165) is 22.9 Å². The Labute approximate surface area is 120 Å². The van der Waals surface area contributed by atoms with Gasteiger partial charge >= 0.3 is 0 Å². The third-order valence-electron chi connectivity index (χ3n) is 2.94. The summed E-state index contributed by atoms with van der Waals surface area (Å²) in [6.45, 7) is 0. The van der Waals surface area contributed by atoms with Gasteiger partial charge in [-0.25, -0.2) is 10.8 Å². The number of pyridine rings is 1. The van der Waals surface area contributed by atoms with Crippen LogP contribution in [-0.4, -0.2) is 4.98 Å². The molecule has 0 aliphatic heterocycles. The largest absolute Gasteiger partial charge is 0.308 e. The summed E-state index contributed by atoms with van der Waals surface area (Å²) < 4.78 is 0. The first kappa shape index (κ1) is 12.4. The normalized spacial score (nSPS) is 10.8. The molecule has 3 nitrogen and oxygen atoms in total. The Morgan fingerprint density at radius 2 is 2.16 bits per heavy atom. The Balaban J connectivity index is 2.09. The maximum Gasteiger partial charge on any atom is 0.144 e. The zero-order chi connectivity index (χ0) is 13.2. The molecular formula is C14H12ClN3S. The Bertz CT molecular complexity index is 710. The van der Waals surface area contributed by atoms with E-state index in [1.54, 1.807) is 11.3 Å². The number of nitrogens with two attached hydrogens (primary N) is 1. The molecule has 3 N–H and O–H groups in total. The summed E-state index contributed by atoms with van der Waals surface area (Å²) in [5, 5.41) is 3.81. The van der Waals surface area contributed by atoms with Crippen molar-refractivity contribution in [1.29, 1.82) is 0 Å². The van der Waals surface area contributed by atoms with Gasteiger partial charge in [0, 0.05) is 27.3 Å². The summed E-state index contributed by atoms with van der Waals surface area (Å²) in [6, 6.07) is 11.9. The highest BCUT2D eigenvalue weighted by Crippen LogP contribution is 2.25. The Morgan fingerprint density at radius 1 is 1.26 bits per heavy atom. The van der Waals surface area contributed by atoms with Crippen molar-refractivity contribution in [2.75, 3.05) is 5.43 Å². The molecule has 0 bridgehead atoms. The van der Waals surface area contributed by atoms with Gasteiger partial charge in [0.05, 0.1) is 5.52 Å². The second-order valence-corrected chi connectivity index (χ2v) is 5.70. The molecule has 0 amide bonds. The van der Waals surface area contributed by atoms with Gasteiger partial charge in [0.2, 0.25) is 0 Å². The highest BCUT2D eigenvalue weighted by molar-refractivity contribution is 7.09. The smallest absolute Gasteiger partial charge is 0.144 e. The minimum atomic E-state index is 0.675. The van der Waals surface area contributed by atoms with Crippen molar-refractivity contribution in [1.82, 2.24) is 4.98 Å². The van der Waals surface area contributed by atoms with Crippen LogP contribution in [-0.2, 0) is 6.42 Å². The number of nitrogens with zero attached hydrogens (tertiary/aromatic N) is 1. The zero-order valence-corrected chi connectivity index (χ0v) is 11.6. The van der Waals surface area contributed by atoms with Crippen LogP contribution in [0, 0.1) is 0 Å². The van der Waals surface area contributed by atoms with Crippen molar-refractivity contribution in [3.8, 4) is 0 Å². The maximum absolute atomic E-state index is 5.98. The first-order valence-corrected chi connectivity index (χ1v) is 7.10. The fraction of sp³-hybridized carbons (Fsp3) is 0.0714. The van der Waals surface area contributed by atoms with E-state index in [0.29, 0.717) is 10.8 Å². The Hall–Kier alpha value is -1.62. The number of aromatic nitrogens is 1. The molecule has 5 heteroatoms. The number of fused-ring (bicyclic) bond motifs is 1. The monoisotopic (exact) mass is 289 g/mol. The van der Waals surface area contributed by atoms with Crippen LogP contribution in [0.1, 0.15) is 10.4 Å². The van der Waals surface area contributed by atoms with E-state index in [2.05, 4.69) is 27.9 Å². The van der Waals surface area contributed by atoms with E-state index in [-0.39, 0.29) is 0 Å². The van der Waals surface area contributed by atoms with Gasteiger partial charge in [-0.05, 0) is 29.6 Å². The molecular weight excluding hydrogens is 278 g/mol. The zero-order valence-electron chi connectivity index (χ0n) is 10.1. The van der Waals surface area contributed by atoms with Crippen LogP contribution in [0.5, 0.6) is 0 Å². The standard InChI is InChI=1S/C14H12ClN3S/c15-11-4-3-9-6-10(7-12-2-1-5-19-12)14(18-16)17-13(9)8-11/h1-6,8H,7,16H2,(H,17,18). The lowest BCUT2D eigenvalue weighted by atomic mass is 10.1. The van der Waals surface area contributed by atoms with Crippen LogP contribution in [0.25, 0.3) is 10.9 Å². The molecule has 0 saturated heterocycles. The average Bonchev–Trinajstić information content (AvgIpc) is 2.91. The van der Waals surface area contributed by atoms with Gasteiger partial charge in [-0.2, -0.15) is 0 Å². The van der Waals surface area contributed by atoms with Gasteiger partial charge in [-0.15, -0.1) is 11.3 Å². The number of hydrazine groups is 1. The maximum atomic E-state index is 5.98. The van der Waals surface area contributed by atoms with Crippen LogP contribution in [0.3, 0.4) is 0 Å². The molecule has 0 fully saturated rings. The van der Waals surface area contributed by atoms with Crippen LogP contribution in [0.4, 0.5) is 5.82 Å². The number of benzene rings is 1. The summed E-state index contributed by atoms with van der Waals surface area (Å²) in [5.41, 5.74) is 4.60. The number of anilines is 1. The number of halogens is 1. The molecule has 0 aliphatic rings. The summed E-state index contributed by atoms with van der Waals surface area (Å²) in [7, 11) is 0. The Morgan fingerprint density at radius 3 is 2.89 bits per heavy atom. The summed E-state index contributed by atoms with van der Waals surface area (Å²) in [6.07, 6.45) is 0.822. The van der Waals surface area contributed by atoms with E-state index in [1.807, 2.05) is 24.3 Å². The van der Waals surface area contributed by atoms with Gasteiger partial charge < -0.3 is 5.43 Å². The molecule has 0 atom stereocenters. The molecule has 2 heterocycles. The van der Waals surface area contributed by atoms with Crippen molar-refractivity contribution >= 4 is 39.7 Å². The molecule has 0 unspecified atom stereocenters. The number of hydrogen-bond acceptors (Lipinski definition) is 4. The average molecular weight is 290 g/mol. The predicted octanol–water partition coefficient (Wildman–Crippen LogP) is 3.83. The quantitative estimate of drug-likeness (QED) is 0.569.